The van der Waals surface area contributed by atoms with E-state index in [0.717, 1.165) is 5.69 Å². The van der Waals surface area contributed by atoms with Crippen molar-refractivity contribution in [1.82, 2.24) is 4.98 Å². The van der Waals surface area contributed by atoms with Gasteiger partial charge in [-0.3, -0.25) is 4.79 Å². The van der Waals surface area contributed by atoms with Crippen LogP contribution in [0.5, 0.6) is 5.75 Å². The van der Waals surface area contributed by atoms with Crippen LogP contribution in [0.1, 0.15) is 11.7 Å². The Morgan fingerprint density at radius 3 is 2.85 bits per heavy atom. The summed E-state index contributed by atoms with van der Waals surface area (Å²) in [6, 6.07) is 6.42. The molecule has 1 unspecified atom stereocenters. The Morgan fingerprint density at radius 2 is 2.20 bits per heavy atom. The minimum Gasteiger partial charge on any atom is -0.495 e. The molecule has 1 heterocycles. The molecule has 1 aromatic heterocycles. The minimum atomic E-state index is -1.11. The number of carboxylic acids is 1. The fraction of sp³-hybridized carbons (Fsp3) is 0.231. The van der Waals surface area contributed by atoms with Gasteiger partial charge in [0.25, 0.3) is 0 Å². The van der Waals surface area contributed by atoms with Gasteiger partial charge in [0.15, 0.2) is 5.13 Å². The highest BCUT2D eigenvalue weighted by Gasteiger charge is 2.20. The Morgan fingerprint density at radius 1 is 1.50 bits per heavy atom. The lowest BCUT2D eigenvalue weighted by Crippen LogP contribution is -2.21. The number of hydrogen-bond acceptors (Lipinski definition) is 6. The van der Waals surface area contributed by atoms with E-state index in [0.29, 0.717) is 16.6 Å². The molecule has 6 nitrogen and oxygen atoms in total. The summed E-state index contributed by atoms with van der Waals surface area (Å²) in [5, 5.41) is 11.2. The number of methoxy groups -OCH3 is 1. The number of benzene rings is 1. The number of aromatic nitrogens is 1. The fourth-order valence-corrected chi connectivity index (χ4v) is 2.55. The predicted molar refractivity (Wildman–Crippen MR) is 77.7 cm³/mol. The van der Waals surface area contributed by atoms with Gasteiger partial charge in [0.05, 0.1) is 18.5 Å². The van der Waals surface area contributed by atoms with Gasteiger partial charge in [-0.2, -0.15) is 0 Å². The maximum absolute atomic E-state index is 10.9. The molecule has 1 aromatic carbocycles. The third-order valence-electron chi connectivity index (χ3n) is 2.83. The number of nitrogens with zero attached hydrogens (tertiary/aromatic N) is 2. The highest BCUT2D eigenvalue weighted by molar-refractivity contribution is 7.13. The lowest BCUT2D eigenvalue weighted by molar-refractivity contribution is -0.138. The summed E-state index contributed by atoms with van der Waals surface area (Å²) >= 11 is 1.33. The molecular formula is C13H15N3O3S. The van der Waals surface area contributed by atoms with Gasteiger partial charge in [-0.25, -0.2) is 4.98 Å². The van der Waals surface area contributed by atoms with Crippen LogP contribution in [0.2, 0.25) is 0 Å². The van der Waals surface area contributed by atoms with E-state index in [1.54, 1.807) is 12.5 Å². The van der Waals surface area contributed by atoms with Crippen molar-refractivity contribution in [3.63, 3.8) is 0 Å². The molecule has 0 saturated heterocycles. The molecule has 20 heavy (non-hydrogen) atoms. The molecule has 0 amide bonds. The van der Waals surface area contributed by atoms with Crippen molar-refractivity contribution >= 4 is 28.1 Å². The number of carbonyl (C=O) groups is 1. The van der Waals surface area contributed by atoms with Gasteiger partial charge in [0.2, 0.25) is 0 Å². The second-order valence-corrected chi connectivity index (χ2v) is 4.94. The van der Waals surface area contributed by atoms with E-state index >= 15 is 0 Å². The zero-order chi connectivity index (χ0) is 14.7. The zero-order valence-electron chi connectivity index (χ0n) is 11.1. The Labute approximate surface area is 120 Å². The molecule has 106 valence electrons. The first-order chi connectivity index (χ1) is 9.54. The van der Waals surface area contributed by atoms with Crippen molar-refractivity contribution < 1.29 is 14.6 Å². The molecule has 2 aromatic rings. The van der Waals surface area contributed by atoms with E-state index in [1.807, 2.05) is 36.2 Å². The largest absolute Gasteiger partial charge is 0.495 e. The average Bonchev–Trinajstić information content (AvgIpc) is 2.95. The number of ether oxygens (including phenoxy) is 1. The standard InChI is InChI=1S/C13H15N3O3S/c1-16(9-5-3-4-6-10(9)19-2)13-15-8(7-20-13)11(14)12(17)18/h3-7,11H,14H2,1-2H3,(H,17,18). The summed E-state index contributed by atoms with van der Waals surface area (Å²) in [4.78, 5) is 17.0. The van der Waals surface area contributed by atoms with Gasteiger partial charge in [-0.1, -0.05) is 12.1 Å². The minimum absolute atomic E-state index is 0.347. The molecule has 0 aliphatic carbocycles. The number of nitrogens with two attached hydrogens (primary N) is 1. The van der Waals surface area contributed by atoms with Crippen LogP contribution in [-0.2, 0) is 4.79 Å². The lowest BCUT2D eigenvalue weighted by atomic mass is 10.2. The third kappa shape index (κ3) is 2.73. The molecule has 3 N–H and O–H groups in total. The van der Waals surface area contributed by atoms with Gasteiger partial charge in [0.1, 0.15) is 11.8 Å². The van der Waals surface area contributed by atoms with Gasteiger partial charge in [-0.15, -0.1) is 11.3 Å². The van der Waals surface area contributed by atoms with Crippen molar-refractivity contribution in [3.8, 4) is 5.75 Å². The number of hydrogen-bond donors (Lipinski definition) is 2. The topological polar surface area (TPSA) is 88.7 Å². The first-order valence-corrected chi connectivity index (χ1v) is 6.73. The molecule has 1 atom stereocenters. The van der Waals surface area contributed by atoms with E-state index in [1.165, 1.54) is 11.3 Å². The van der Waals surface area contributed by atoms with Crippen LogP contribution in [-0.4, -0.2) is 30.2 Å². The van der Waals surface area contributed by atoms with E-state index in [-0.39, 0.29) is 0 Å². The molecule has 0 radical (unpaired) electrons. The normalized spacial score (nSPS) is 11.9. The Balaban J connectivity index is 2.30. The average molecular weight is 293 g/mol. The third-order valence-corrected chi connectivity index (χ3v) is 3.76. The summed E-state index contributed by atoms with van der Waals surface area (Å²) in [6.45, 7) is 0. The molecule has 0 bridgehead atoms. The van der Waals surface area contributed by atoms with Crippen LogP contribution in [0, 0.1) is 0 Å². The molecule has 0 aliphatic heterocycles. The van der Waals surface area contributed by atoms with Crippen LogP contribution < -0.4 is 15.4 Å². The quantitative estimate of drug-likeness (QED) is 0.876. The molecule has 0 fully saturated rings. The van der Waals surface area contributed by atoms with Crippen LogP contribution >= 0.6 is 11.3 Å². The summed E-state index contributed by atoms with van der Waals surface area (Å²) in [7, 11) is 3.44. The number of thiazole rings is 1. The summed E-state index contributed by atoms with van der Waals surface area (Å²) in [5.41, 5.74) is 6.74. The number of aliphatic carboxylic acids is 1. The zero-order valence-corrected chi connectivity index (χ0v) is 11.9. The van der Waals surface area contributed by atoms with Gasteiger partial charge in [0, 0.05) is 12.4 Å². The first-order valence-electron chi connectivity index (χ1n) is 5.85. The predicted octanol–water partition coefficient (Wildman–Crippen LogP) is 2.00. The van der Waals surface area contributed by atoms with E-state index in [9.17, 15) is 4.79 Å². The molecule has 7 heteroatoms. The highest BCUT2D eigenvalue weighted by atomic mass is 32.1. The molecular weight excluding hydrogens is 278 g/mol. The Kier molecular flexibility index (Phi) is 4.21. The number of carboxylic acid groups (broad SMARTS) is 1. The van der Waals surface area contributed by atoms with Gasteiger partial charge in [-0.05, 0) is 12.1 Å². The molecule has 0 aliphatic rings. The SMILES string of the molecule is COc1ccccc1N(C)c1nc(C(N)C(=O)O)cs1. The highest BCUT2D eigenvalue weighted by Crippen LogP contribution is 2.34. The van der Waals surface area contributed by atoms with Crippen LogP contribution in [0.15, 0.2) is 29.6 Å². The van der Waals surface area contributed by atoms with Crippen molar-refractivity contribution in [2.24, 2.45) is 5.73 Å². The van der Waals surface area contributed by atoms with Crippen LogP contribution in [0.25, 0.3) is 0 Å². The van der Waals surface area contributed by atoms with Gasteiger partial charge >= 0.3 is 5.97 Å². The number of para-hydroxylation sites is 2. The summed E-state index contributed by atoms with van der Waals surface area (Å²) in [6.07, 6.45) is 0. The Bertz CT molecular complexity index is 614. The van der Waals surface area contributed by atoms with Crippen molar-refractivity contribution in [2.75, 3.05) is 19.1 Å². The van der Waals surface area contributed by atoms with E-state index in [2.05, 4.69) is 4.98 Å². The second kappa shape index (κ2) is 5.89. The summed E-state index contributed by atoms with van der Waals surface area (Å²) < 4.78 is 5.30. The maximum atomic E-state index is 10.9. The number of anilines is 2. The molecule has 0 spiro atoms. The van der Waals surface area contributed by atoms with Crippen LogP contribution in [0.4, 0.5) is 10.8 Å². The first kappa shape index (κ1) is 14.3. The van der Waals surface area contributed by atoms with Crippen molar-refractivity contribution in [2.45, 2.75) is 6.04 Å². The molecule has 0 saturated carbocycles. The van der Waals surface area contributed by atoms with E-state index < -0.39 is 12.0 Å². The molecule has 2 rings (SSSR count). The number of rotatable bonds is 5. The van der Waals surface area contributed by atoms with Crippen LogP contribution in [0.3, 0.4) is 0 Å². The smallest absolute Gasteiger partial charge is 0.326 e. The Hall–Kier alpha value is -2.12. The fourth-order valence-electron chi connectivity index (χ4n) is 1.71. The van der Waals surface area contributed by atoms with Crippen molar-refractivity contribution in [1.29, 1.82) is 0 Å². The second-order valence-electron chi connectivity index (χ2n) is 4.10. The lowest BCUT2D eigenvalue weighted by Gasteiger charge is -2.18. The monoisotopic (exact) mass is 293 g/mol. The summed E-state index contributed by atoms with van der Waals surface area (Å²) in [5.74, 6) is -0.379. The van der Waals surface area contributed by atoms with E-state index in [4.69, 9.17) is 15.6 Å². The van der Waals surface area contributed by atoms with Crippen molar-refractivity contribution in [3.05, 3.63) is 35.3 Å². The maximum Gasteiger partial charge on any atom is 0.326 e. The van der Waals surface area contributed by atoms with Gasteiger partial charge < -0.3 is 20.5 Å².